The summed E-state index contributed by atoms with van der Waals surface area (Å²) in [6.07, 6.45) is 2.94. The Bertz CT molecular complexity index is 2490. The lowest BCUT2D eigenvalue weighted by Gasteiger charge is -2.16. The molecule has 0 aliphatic rings. The molecule has 4 aromatic carbocycles. The number of nitrogens with zero attached hydrogens (tertiary/aromatic N) is 5. The minimum absolute atomic E-state index is 0.420. The van der Waals surface area contributed by atoms with Crippen LogP contribution in [0.25, 0.3) is 44.6 Å². The quantitative estimate of drug-likeness (QED) is 0.0704. The molecule has 0 unspecified atom stereocenters. The first kappa shape index (κ1) is 38.7. The molecule has 0 bridgehead atoms. The third-order valence-corrected chi connectivity index (χ3v) is 11.4. The van der Waals surface area contributed by atoms with Crippen LogP contribution in [0.5, 0.6) is 11.5 Å². The van der Waals surface area contributed by atoms with Gasteiger partial charge in [-0.05, 0) is 89.0 Å². The minimum Gasteiger partial charge on any atom is -0.489 e. The smallest absolute Gasteiger partial charge is 0.147 e. The lowest BCUT2D eigenvalue weighted by molar-refractivity contribution is 0.0909. The molecule has 0 aliphatic carbocycles. The van der Waals surface area contributed by atoms with Crippen molar-refractivity contribution in [1.82, 2.24) is 29.5 Å². The highest BCUT2D eigenvalue weighted by atomic mass is 35.5. The van der Waals surface area contributed by atoms with Crippen molar-refractivity contribution < 1.29 is 14.2 Å². The van der Waals surface area contributed by atoms with Crippen molar-refractivity contribution in [3.8, 4) is 34.0 Å². The van der Waals surface area contributed by atoms with Gasteiger partial charge in [-0.25, -0.2) is 19.9 Å². The molecular weight excluding hydrogens is 760 g/mol. The van der Waals surface area contributed by atoms with Crippen LogP contribution >= 0.6 is 23.2 Å². The molecule has 12 heteroatoms. The van der Waals surface area contributed by atoms with E-state index in [2.05, 4.69) is 73.4 Å². The average molecular weight is 802 g/mol. The molecule has 0 aliphatic heterocycles. The van der Waals surface area contributed by atoms with Crippen LogP contribution in [0.3, 0.4) is 0 Å². The van der Waals surface area contributed by atoms with Gasteiger partial charge in [-0.1, -0.05) is 104 Å². The van der Waals surface area contributed by atoms with Gasteiger partial charge in [0, 0.05) is 20.4 Å². The van der Waals surface area contributed by atoms with Crippen LogP contribution in [-0.4, -0.2) is 44.2 Å². The average Bonchev–Trinajstić information content (AvgIpc) is 3.83. The second kappa shape index (κ2) is 18.0. The van der Waals surface area contributed by atoms with Gasteiger partial charge in [-0.15, -0.1) is 0 Å². The summed E-state index contributed by atoms with van der Waals surface area (Å²) >= 11 is 12.4. The Hall–Kier alpha value is -5.52. The number of benzene rings is 4. The predicted molar refractivity (Wildman–Crippen MR) is 228 cm³/mol. The molecule has 4 aromatic heterocycles. The largest absolute Gasteiger partial charge is 0.489 e. The van der Waals surface area contributed by atoms with Gasteiger partial charge >= 0.3 is 0 Å². The van der Waals surface area contributed by atoms with E-state index in [1.54, 1.807) is 0 Å². The highest BCUT2D eigenvalue weighted by Crippen LogP contribution is 2.32. The van der Waals surface area contributed by atoms with Crippen molar-refractivity contribution in [2.24, 2.45) is 0 Å². The summed E-state index contributed by atoms with van der Waals surface area (Å²) in [6, 6.07) is 41.3. The number of aromatic amines is 1. The van der Waals surface area contributed by atoms with E-state index < -0.39 is 8.07 Å². The van der Waals surface area contributed by atoms with Gasteiger partial charge in [-0.3, -0.25) is 0 Å². The fraction of sp³-hybridized carbons (Fsp3) is 0.182. The van der Waals surface area contributed by atoms with Gasteiger partial charge in [0.25, 0.3) is 0 Å². The molecule has 4 heterocycles. The van der Waals surface area contributed by atoms with Gasteiger partial charge < -0.3 is 23.8 Å². The second-order valence-electron chi connectivity index (χ2n) is 14.4. The van der Waals surface area contributed by atoms with Gasteiger partial charge in [-0.2, -0.15) is 0 Å². The molecule has 9 nitrogen and oxygen atoms in total. The van der Waals surface area contributed by atoms with Crippen LogP contribution in [0.2, 0.25) is 36.0 Å². The first-order chi connectivity index (χ1) is 27.2. The maximum atomic E-state index is 6.36. The molecule has 8 rings (SSSR count). The third kappa shape index (κ3) is 10.0. The first-order valence-electron chi connectivity index (χ1n) is 18.3. The third-order valence-electron chi connectivity index (χ3n) is 9.05. The van der Waals surface area contributed by atoms with E-state index in [4.69, 9.17) is 37.4 Å². The van der Waals surface area contributed by atoms with Crippen LogP contribution < -0.4 is 9.47 Å². The number of fused-ring (bicyclic) bond motifs is 2. The summed E-state index contributed by atoms with van der Waals surface area (Å²) < 4.78 is 19.8. The number of nitrogens with one attached hydrogen (secondary N) is 1. The normalized spacial score (nSPS) is 11.4. The highest BCUT2D eigenvalue weighted by molar-refractivity contribution is 6.76. The second-order valence-corrected chi connectivity index (χ2v) is 20.8. The molecule has 0 atom stereocenters. The molecular formula is C44H42Cl2N6O3Si. The fourth-order valence-corrected chi connectivity index (χ4v) is 7.06. The van der Waals surface area contributed by atoms with Gasteiger partial charge in [0.05, 0.1) is 16.5 Å². The summed E-state index contributed by atoms with van der Waals surface area (Å²) in [4.78, 5) is 20.0. The Kier molecular flexibility index (Phi) is 12.4. The van der Waals surface area contributed by atoms with Crippen LogP contribution in [0, 0.1) is 0 Å². The van der Waals surface area contributed by atoms with Crippen LogP contribution in [0.15, 0.2) is 134 Å². The van der Waals surface area contributed by atoms with Crippen molar-refractivity contribution in [3.05, 3.63) is 155 Å². The fourth-order valence-electron chi connectivity index (χ4n) is 5.94. The number of hydrogen-bond acceptors (Lipinski definition) is 7. The number of ether oxygens (including phenoxy) is 3. The summed E-state index contributed by atoms with van der Waals surface area (Å²) in [6.45, 7) is 9.29. The molecule has 0 amide bonds. The van der Waals surface area contributed by atoms with Crippen LogP contribution in [-0.2, 0) is 24.7 Å². The Morgan fingerprint density at radius 2 is 1.18 bits per heavy atom. The van der Waals surface area contributed by atoms with E-state index in [0.717, 1.165) is 79.9 Å². The Morgan fingerprint density at radius 3 is 1.75 bits per heavy atom. The van der Waals surface area contributed by atoms with E-state index in [1.165, 1.54) is 12.7 Å². The van der Waals surface area contributed by atoms with E-state index in [-0.39, 0.29) is 0 Å². The predicted octanol–water partition coefficient (Wildman–Crippen LogP) is 11.5. The number of H-pyrrole nitrogens is 1. The zero-order valence-electron chi connectivity index (χ0n) is 31.5. The number of hydrogen-bond donors (Lipinski definition) is 1. The van der Waals surface area contributed by atoms with Crippen LogP contribution in [0.4, 0.5) is 0 Å². The first-order valence-corrected chi connectivity index (χ1v) is 22.8. The molecule has 8 aromatic rings. The Labute approximate surface area is 337 Å². The zero-order valence-corrected chi connectivity index (χ0v) is 34.0. The molecule has 284 valence electrons. The summed E-state index contributed by atoms with van der Waals surface area (Å²) in [7, 11) is -1.15. The van der Waals surface area contributed by atoms with E-state index in [0.29, 0.717) is 30.3 Å². The number of aromatic nitrogens is 6. The molecule has 0 radical (unpaired) electrons. The number of halogens is 2. The van der Waals surface area contributed by atoms with Gasteiger partial charge in [0.15, 0.2) is 0 Å². The van der Waals surface area contributed by atoms with E-state index in [1.807, 2.05) is 97.1 Å². The molecule has 56 heavy (non-hydrogen) atoms. The molecule has 0 spiro atoms. The lowest BCUT2D eigenvalue weighted by atomic mass is 10.1. The van der Waals surface area contributed by atoms with Crippen molar-refractivity contribution in [2.45, 2.75) is 45.6 Å². The monoisotopic (exact) mass is 800 g/mol. The SMILES string of the molecule is C[Si](C)(C)CCOCn1c(-c2ccc(OCc3ccccc3)cc2)cc2c(Cl)ncnc21.Clc1ncnc2[nH]c(-c3ccc(OCc4ccccc4)cc3)cc12. The summed E-state index contributed by atoms with van der Waals surface area (Å²) in [5.74, 6) is 1.65. The Balaban J connectivity index is 0.000000178. The maximum absolute atomic E-state index is 6.36. The van der Waals surface area contributed by atoms with E-state index in [9.17, 15) is 0 Å². The standard InChI is InChI=1S/C25H28ClN3O2Si.C19H14ClN3O/c1-32(2,3)14-13-30-18-29-23(15-22-24(26)27-17-28-25(22)29)20-9-11-21(12-10-20)31-16-19-7-5-4-6-8-19;20-18-16-10-17(23-19(16)22-12-21-18)14-6-8-15(9-7-14)24-11-13-4-2-1-3-5-13/h4-12,15,17H,13-14,16,18H2,1-3H3;1-10,12H,11H2,(H,21,22,23). The van der Waals surface area contributed by atoms with Crippen molar-refractivity contribution in [2.75, 3.05) is 6.61 Å². The lowest BCUT2D eigenvalue weighted by Crippen LogP contribution is -2.22. The topological polar surface area (TPSA) is 100.0 Å². The van der Waals surface area contributed by atoms with E-state index >= 15 is 0 Å². The minimum atomic E-state index is -1.15. The molecule has 0 saturated carbocycles. The Morgan fingerprint density at radius 1 is 0.625 bits per heavy atom. The highest BCUT2D eigenvalue weighted by Gasteiger charge is 2.17. The van der Waals surface area contributed by atoms with Gasteiger partial charge in [0.1, 0.15) is 65.7 Å². The van der Waals surface area contributed by atoms with Crippen molar-refractivity contribution in [3.63, 3.8) is 0 Å². The molecule has 1 N–H and O–H groups in total. The van der Waals surface area contributed by atoms with Crippen molar-refractivity contribution >= 4 is 53.3 Å². The van der Waals surface area contributed by atoms with Crippen molar-refractivity contribution in [1.29, 1.82) is 0 Å². The van der Waals surface area contributed by atoms with Gasteiger partial charge in [0.2, 0.25) is 0 Å². The summed E-state index contributed by atoms with van der Waals surface area (Å²) in [5.41, 5.74) is 7.81. The zero-order chi connectivity index (χ0) is 38.9. The summed E-state index contributed by atoms with van der Waals surface area (Å²) in [5, 5.41) is 2.53. The number of rotatable bonds is 13. The molecule has 0 fully saturated rings. The maximum Gasteiger partial charge on any atom is 0.147 e. The molecule has 0 saturated heterocycles. The van der Waals surface area contributed by atoms with Crippen LogP contribution in [0.1, 0.15) is 11.1 Å².